The summed E-state index contributed by atoms with van der Waals surface area (Å²) in [5.74, 6) is -0.636. The Balaban J connectivity index is 1.70. The Morgan fingerprint density at radius 3 is 2.76 bits per heavy atom. The number of benzene rings is 2. The van der Waals surface area contributed by atoms with Crippen LogP contribution in [0.15, 0.2) is 48.5 Å². The molecule has 2 aromatic rings. The lowest BCUT2D eigenvalue weighted by Crippen LogP contribution is -2.43. The summed E-state index contributed by atoms with van der Waals surface area (Å²) < 4.78 is 18.7. The van der Waals surface area contributed by atoms with E-state index in [0.29, 0.717) is 24.3 Å². The smallest absolute Gasteiger partial charge is 0.254 e. The molecular weight excluding hydrogens is 323 g/mol. The molecule has 130 valence electrons. The molecule has 2 N–H and O–H groups in total. The van der Waals surface area contributed by atoms with Gasteiger partial charge in [-0.1, -0.05) is 18.2 Å². The molecule has 0 spiro atoms. The van der Waals surface area contributed by atoms with Crippen LogP contribution in [0.5, 0.6) is 5.75 Å². The molecule has 2 amide bonds. The highest BCUT2D eigenvalue weighted by Crippen LogP contribution is 2.21. The fourth-order valence-corrected chi connectivity index (χ4v) is 2.99. The van der Waals surface area contributed by atoms with Gasteiger partial charge >= 0.3 is 0 Å². The molecule has 1 unspecified atom stereocenters. The van der Waals surface area contributed by atoms with Crippen LogP contribution in [-0.4, -0.2) is 29.3 Å². The summed E-state index contributed by atoms with van der Waals surface area (Å²) in [5, 5.41) is 0. The van der Waals surface area contributed by atoms with Gasteiger partial charge in [-0.05, 0) is 42.7 Å². The number of rotatable bonds is 5. The van der Waals surface area contributed by atoms with Crippen LogP contribution in [-0.2, 0) is 11.4 Å². The zero-order valence-corrected chi connectivity index (χ0v) is 13.7. The number of ether oxygens (including phenoxy) is 1. The van der Waals surface area contributed by atoms with E-state index in [1.165, 1.54) is 17.0 Å². The Kier molecular flexibility index (Phi) is 4.97. The summed E-state index contributed by atoms with van der Waals surface area (Å²) >= 11 is 0. The lowest BCUT2D eigenvalue weighted by molar-refractivity contribution is -0.121. The van der Waals surface area contributed by atoms with Crippen LogP contribution < -0.4 is 10.5 Å². The van der Waals surface area contributed by atoms with Crippen LogP contribution in [0.1, 0.15) is 28.8 Å². The van der Waals surface area contributed by atoms with E-state index >= 15 is 0 Å². The monoisotopic (exact) mass is 342 g/mol. The predicted octanol–water partition coefficient (Wildman–Crippen LogP) is 2.49. The molecule has 1 heterocycles. The van der Waals surface area contributed by atoms with Gasteiger partial charge in [0.1, 0.15) is 24.2 Å². The largest absolute Gasteiger partial charge is 0.489 e. The summed E-state index contributed by atoms with van der Waals surface area (Å²) in [4.78, 5) is 25.7. The summed E-state index contributed by atoms with van der Waals surface area (Å²) in [6.45, 7) is 0.736. The van der Waals surface area contributed by atoms with Crippen molar-refractivity contribution in [2.45, 2.75) is 25.5 Å². The molecule has 5 nitrogen and oxygen atoms in total. The summed E-state index contributed by atoms with van der Waals surface area (Å²) in [6, 6.07) is 12.3. The first-order valence-electron chi connectivity index (χ1n) is 8.12. The average molecular weight is 342 g/mol. The predicted molar refractivity (Wildman–Crippen MR) is 90.4 cm³/mol. The van der Waals surface area contributed by atoms with Crippen LogP contribution in [0.4, 0.5) is 4.39 Å². The first kappa shape index (κ1) is 17.0. The first-order valence-corrected chi connectivity index (χ1v) is 8.12. The molecule has 0 radical (unpaired) electrons. The molecular formula is C19H19FN2O3. The summed E-state index contributed by atoms with van der Waals surface area (Å²) in [6.07, 6.45) is 1.37. The van der Waals surface area contributed by atoms with Gasteiger partial charge in [-0.15, -0.1) is 0 Å². The van der Waals surface area contributed by atoms with Crippen molar-refractivity contribution in [2.75, 3.05) is 6.54 Å². The van der Waals surface area contributed by atoms with Crippen molar-refractivity contribution < 1.29 is 18.7 Å². The van der Waals surface area contributed by atoms with Crippen LogP contribution >= 0.6 is 0 Å². The van der Waals surface area contributed by atoms with E-state index in [4.69, 9.17) is 10.5 Å². The molecule has 0 aromatic heterocycles. The molecule has 1 aliphatic rings. The summed E-state index contributed by atoms with van der Waals surface area (Å²) in [5.41, 5.74) is 6.64. The maximum Gasteiger partial charge on any atom is 0.254 e. The second kappa shape index (κ2) is 7.34. The van der Waals surface area contributed by atoms with E-state index in [-0.39, 0.29) is 18.3 Å². The molecule has 6 heteroatoms. The third-order valence-electron chi connectivity index (χ3n) is 4.22. The van der Waals surface area contributed by atoms with Gasteiger partial charge in [0.05, 0.1) is 0 Å². The topological polar surface area (TPSA) is 72.6 Å². The number of hydrogen-bond donors (Lipinski definition) is 1. The average Bonchev–Trinajstić information content (AvgIpc) is 3.10. The van der Waals surface area contributed by atoms with E-state index in [1.54, 1.807) is 30.3 Å². The van der Waals surface area contributed by atoms with Crippen LogP contribution in [0, 0.1) is 5.82 Å². The minimum absolute atomic E-state index is 0.212. The molecule has 1 atom stereocenters. The molecule has 0 saturated carbocycles. The van der Waals surface area contributed by atoms with E-state index in [2.05, 4.69) is 0 Å². The zero-order valence-electron chi connectivity index (χ0n) is 13.7. The SMILES string of the molecule is NC(=O)C1CCCN1C(=O)c1cccc(COc2cccc(F)c2)c1. The summed E-state index contributed by atoms with van der Waals surface area (Å²) in [7, 11) is 0. The van der Waals surface area contributed by atoms with Gasteiger partial charge < -0.3 is 15.4 Å². The number of nitrogens with zero attached hydrogens (tertiary/aromatic N) is 1. The number of halogens is 1. The second-order valence-electron chi connectivity index (χ2n) is 6.01. The van der Waals surface area contributed by atoms with E-state index in [0.717, 1.165) is 12.0 Å². The molecule has 2 aromatic carbocycles. The van der Waals surface area contributed by atoms with Crippen molar-refractivity contribution in [1.82, 2.24) is 4.90 Å². The third-order valence-corrected chi connectivity index (χ3v) is 4.22. The van der Waals surface area contributed by atoms with Crippen molar-refractivity contribution in [3.8, 4) is 5.75 Å². The molecule has 3 rings (SSSR count). The maximum absolute atomic E-state index is 13.2. The van der Waals surface area contributed by atoms with E-state index < -0.39 is 11.9 Å². The quantitative estimate of drug-likeness (QED) is 0.907. The number of amides is 2. The minimum atomic E-state index is -0.542. The molecule has 1 saturated heterocycles. The molecule has 25 heavy (non-hydrogen) atoms. The Hall–Kier alpha value is -2.89. The lowest BCUT2D eigenvalue weighted by atomic mass is 10.1. The van der Waals surface area contributed by atoms with Crippen molar-refractivity contribution in [1.29, 1.82) is 0 Å². The van der Waals surface area contributed by atoms with Crippen LogP contribution in [0.2, 0.25) is 0 Å². The van der Waals surface area contributed by atoms with Gasteiger partial charge in [0.15, 0.2) is 0 Å². The highest BCUT2D eigenvalue weighted by Gasteiger charge is 2.33. The van der Waals surface area contributed by atoms with Crippen molar-refractivity contribution in [3.63, 3.8) is 0 Å². The third kappa shape index (κ3) is 3.96. The molecule has 1 aliphatic heterocycles. The normalized spacial score (nSPS) is 16.7. The first-order chi connectivity index (χ1) is 12.0. The fraction of sp³-hybridized carbons (Fsp3) is 0.263. The highest BCUT2D eigenvalue weighted by atomic mass is 19.1. The number of carbonyl (C=O) groups is 2. The fourth-order valence-electron chi connectivity index (χ4n) is 2.99. The Morgan fingerprint density at radius 2 is 2.00 bits per heavy atom. The highest BCUT2D eigenvalue weighted by molar-refractivity contribution is 5.97. The number of primary amides is 1. The Labute approximate surface area is 145 Å². The van der Waals surface area contributed by atoms with Gasteiger partial charge in [0, 0.05) is 18.2 Å². The van der Waals surface area contributed by atoms with Gasteiger partial charge in [0.25, 0.3) is 5.91 Å². The Morgan fingerprint density at radius 1 is 1.20 bits per heavy atom. The molecule has 0 bridgehead atoms. The standard InChI is InChI=1S/C19H19FN2O3/c20-15-6-2-7-16(11-15)25-12-13-4-1-5-14(10-13)19(24)22-9-3-8-17(22)18(21)23/h1-2,4-7,10-11,17H,3,8-9,12H2,(H2,21,23). The lowest BCUT2D eigenvalue weighted by Gasteiger charge is -2.22. The minimum Gasteiger partial charge on any atom is -0.489 e. The Bertz CT molecular complexity index is 794. The zero-order chi connectivity index (χ0) is 17.8. The van der Waals surface area contributed by atoms with E-state index in [9.17, 15) is 14.0 Å². The van der Waals surface area contributed by atoms with E-state index in [1.807, 2.05) is 6.07 Å². The number of nitrogens with two attached hydrogens (primary N) is 1. The van der Waals surface area contributed by atoms with Crippen LogP contribution in [0.25, 0.3) is 0 Å². The van der Waals surface area contributed by atoms with Crippen molar-refractivity contribution in [2.24, 2.45) is 5.73 Å². The van der Waals surface area contributed by atoms with Crippen LogP contribution in [0.3, 0.4) is 0 Å². The van der Waals surface area contributed by atoms with Gasteiger partial charge in [-0.2, -0.15) is 0 Å². The second-order valence-corrected chi connectivity index (χ2v) is 6.01. The van der Waals surface area contributed by atoms with Gasteiger partial charge in [-0.25, -0.2) is 4.39 Å². The van der Waals surface area contributed by atoms with Gasteiger partial charge in [0.2, 0.25) is 5.91 Å². The van der Waals surface area contributed by atoms with Gasteiger partial charge in [-0.3, -0.25) is 9.59 Å². The van der Waals surface area contributed by atoms with Crippen molar-refractivity contribution >= 4 is 11.8 Å². The molecule has 1 fully saturated rings. The number of likely N-dealkylation sites (tertiary alicyclic amines) is 1. The maximum atomic E-state index is 13.2. The molecule has 0 aliphatic carbocycles. The number of carbonyl (C=O) groups excluding carboxylic acids is 2. The van der Waals surface area contributed by atoms with Crippen molar-refractivity contribution in [3.05, 3.63) is 65.5 Å². The number of hydrogen-bond acceptors (Lipinski definition) is 3.